The quantitative estimate of drug-likeness (QED) is 0.548. The number of rotatable bonds is 5. The van der Waals surface area contributed by atoms with Gasteiger partial charge in [-0.25, -0.2) is 4.98 Å². The zero-order chi connectivity index (χ0) is 22.2. The Labute approximate surface area is 189 Å². The van der Waals surface area contributed by atoms with Gasteiger partial charge >= 0.3 is 0 Å². The predicted molar refractivity (Wildman–Crippen MR) is 123 cm³/mol. The summed E-state index contributed by atoms with van der Waals surface area (Å²) >= 11 is 1.49. The number of thiazole rings is 1. The third-order valence-electron chi connectivity index (χ3n) is 5.84. The molecule has 0 spiro atoms. The van der Waals surface area contributed by atoms with Gasteiger partial charge in [0.25, 0.3) is 5.91 Å². The van der Waals surface area contributed by atoms with Crippen LogP contribution < -0.4 is 9.80 Å². The molecule has 1 unspecified atom stereocenters. The fraction of sp³-hybridized carbons (Fsp3) is 0.333. The molecule has 0 bridgehead atoms. The number of hydrogen-bond acceptors (Lipinski definition) is 6. The van der Waals surface area contributed by atoms with Crippen LogP contribution in [-0.4, -0.2) is 42.0 Å². The largest absolute Gasteiger partial charge is 0.376 e. The van der Waals surface area contributed by atoms with Gasteiger partial charge in [0.1, 0.15) is 0 Å². The summed E-state index contributed by atoms with van der Waals surface area (Å²) in [6, 6.07) is 12.7. The molecule has 7 nitrogen and oxygen atoms in total. The summed E-state index contributed by atoms with van der Waals surface area (Å²) in [6.45, 7) is 3.17. The van der Waals surface area contributed by atoms with E-state index >= 15 is 0 Å². The molecular formula is C24H23N3O4S. The summed E-state index contributed by atoms with van der Waals surface area (Å²) in [5.41, 5.74) is 2.98. The summed E-state index contributed by atoms with van der Waals surface area (Å²) in [7, 11) is 0. The molecule has 2 aliphatic rings. The number of aryl methyl sites for hydroxylation is 1. The SMILES string of the molecule is Cc1ccc2nc(N(CC3CCCO3)C(=O)c3ccc(N4C(=O)CCC4=O)cc3)sc2c1. The van der Waals surface area contributed by atoms with Crippen molar-refractivity contribution in [1.29, 1.82) is 0 Å². The first-order chi connectivity index (χ1) is 15.5. The number of hydrogen-bond donors (Lipinski definition) is 0. The summed E-state index contributed by atoms with van der Waals surface area (Å²) in [4.78, 5) is 45.1. The van der Waals surface area contributed by atoms with Crippen LogP contribution in [0.3, 0.4) is 0 Å². The topological polar surface area (TPSA) is 79.8 Å². The molecule has 0 aliphatic carbocycles. The van der Waals surface area contributed by atoms with E-state index in [-0.39, 0.29) is 36.7 Å². The molecule has 164 valence electrons. The van der Waals surface area contributed by atoms with E-state index in [1.165, 1.54) is 16.2 Å². The van der Waals surface area contributed by atoms with Gasteiger partial charge in [-0.2, -0.15) is 0 Å². The maximum atomic E-state index is 13.5. The molecule has 5 rings (SSSR count). The maximum absolute atomic E-state index is 13.5. The van der Waals surface area contributed by atoms with Crippen molar-refractivity contribution in [3.8, 4) is 0 Å². The fourth-order valence-corrected chi connectivity index (χ4v) is 5.22. The Balaban J connectivity index is 1.45. The van der Waals surface area contributed by atoms with E-state index in [1.54, 1.807) is 29.2 Å². The molecule has 2 fully saturated rings. The van der Waals surface area contributed by atoms with Gasteiger partial charge in [0.2, 0.25) is 11.8 Å². The van der Waals surface area contributed by atoms with Crippen molar-refractivity contribution in [3.63, 3.8) is 0 Å². The van der Waals surface area contributed by atoms with Crippen LogP contribution in [0.1, 0.15) is 41.6 Å². The molecule has 32 heavy (non-hydrogen) atoms. The number of imide groups is 1. The molecule has 2 saturated heterocycles. The predicted octanol–water partition coefficient (Wildman–Crippen LogP) is 4.08. The lowest BCUT2D eigenvalue weighted by Gasteiger charge is -2.23. The van der Waals surface area contributed by atoms with Gasteiger partial charge in [0.15, 0.2) is 5.13 Å². The summed E-state index contributed by atoms with van der Waals surface area (Å²) in [6.07, 6.45) is 2.33. The third kappa shape index (κ3) is 3.91. The Morgan fingerprint density at radius 2 is 1.91 bits per heavy atom. The first kappa shape index (κ1) is 20.8. The molecule has 3 heterocycles. The number of aromatic nitrogens is 1. The minimum atomic E-state index is -0.209. The second kappa shape index (κ2) is 8.44. The van der Waals surface area contributed by atoms with Crippen molar-refractivity contribution < 1.29 is 19.1 Å². The number of amides is 3. The van der Waals surface area contributed by atoms with E-state index < -0.39 is 0 Å². The van der Waals surface area contributed by atoms with Crippen molar-refractivity contribution in [1.82, 2.24) is 4.98 Å². The number of carbonyl (C=O) groups is 3. The molecule has 0 N–H and O–H groups in total. The first-order valence-electron chi connectivity index (χ1n) is 10.8. The number of benzene rings is 2. The zero-order valence-electron chi connectivity index (χ0n) is 17.7. The van der Waals surface area contributed by atoms with Crippen molar-refractivity contribution in [2.24, 2.45) is 0 Å². The Morgan fingerprint density at radius 1 is 1.16 bits per heavy atom. The van der Waals surface area contributed by atoms with E-state index in [2.05, 4.69) is 6.07 Å². The summed E-state index contributed by atoms with van der Waals surface area (Å²) in [5.74, 6) is -0.598. The van der Waals surface area contributed by atoms with Gasteiger partial charge in [-0.1, -0.05) is 17.4 Å². The average molecular weight is 450 g/mol. The van der Waals surface area contributed by atoms with Crippen molar-refractivity contribution >= 4 is 50.1 Å². The van der Waals surface area contributed by atoms with Crippen LogP contribution in [0.5, 0.6) is 0 Å². The summed E-state index contributed by atoms with van der Waals surface area (Å²) < 4.78 is 6.83. The molecule has 0 radical (unpaired) electrons. The van der Waals surface area contributed by atoms with E-state index in [9.17, 15) is 14.4 Å². The highest BCUT2D eigenvalue weighted by atomic mass is 32.1. The Kier molecular flexibility index (Phi) is 5.48. The van der Waals surface area contributed by atoms with E-state index in [0.29, 0.717) is 29.5 Å². The molecule has 2 aliphatic heterocycles. The molecule has 3 aromatic rings. The van der Waals surface area contributed by atoms with E-state index in [4.69, 9.17) is 9.72 Å². The standard InChI is InChI=1S/C24H23N3O4S/c1-15-4-9-19-20(13-15)32-24(25-19)26(14-18-3-2-12-31-18)23(30)16-5-7-17(8-6-16)27-21(28)10-11-22(27)29/h4-9,13,18H,2-3,10-12,14H2,1H3. The van der Waals surface area contributed by atoms with Gasteiger partial charge in [0.05, 0.1) is 28.6 Å². The van der Waals surface area contributed by atoms with Gasteiger partial charge in [-0.05, 0) is 61.7 Å². The van der Waals surface area contributed by atoms with Gasteiger partial charge < -0.3 is 4.74 Å². The Morgan fingerprint density at radius 3 is 2.59 bits per heavy atom. The minimum Gasteiger partial charge on any atom is -0.376 e. The first-order valence-corrected chi connectivity index (χ1v) is 11.6. The number of anilines is 2. The average Bonchev–Trinajstić information content (AvgIpc) is 3.52. The van der Waals surface area contributed by atoms with Crippen LogP contribution in [0, 0.1) is 6.92 Å². The normalized spacial score (nSPS) is 18.7. The van der Waals surface area contributed by atoms with Gasteiger partial charge in [0, 0.05) is 25.0 Å². The van der Waals surface area contributed by atoms with Gasteiger partial charge in [-0.15, -0.1) is 0 Å². The smallest absolute Gasteiger partial charge is 0.260 e. The second-order valence-electron chi connectivity index (χ2n) is 8.19. The van der Waals surface area contributed by atoms with Crippen LogP contribution in [0.15, 0.2) is 42.5 Å². The molecule has 2 aromatic carbocycles. The van der Waals surface area contributed by atoms with Crippen molar-refractivity contribution in [2.45, 2.75) is 38.7 Å². The highest BCUT2D eigenvalue weighted by Gasteiger charge is 2.31. The molecule has 3 amide bonds. The third-order valence-corrected chi connectivity index (χ3v) is 6.88. The monoisotopic (exact) mass is 449 g/mol. The second-order valence-corrected chi connectivity index (χ2v) is 9.20. The molecule has 8 heteroatoms. The lowest BCUT2D eigenvalue weighted by molar-refractivity contribution is -0.121. The maximum Gasteiger partial charge on any atom is 0.260 e. The summed E-state index contributed by atoms with van der Waals surface area (Å²) in [5, 5.41) is 0.639. The Bertz CT molecular complexity index is 1180. The zero-order valence-corrected chi connectivity index (χ0v) is 18.6. The van der Waals surface area contributed by atoms with Crippen LogP contribution in [-0.2, 0) is 14.3 Å². The lowest BCUT2D eigenvalue weighted by Crippen LogP contribution is -2.37. The van der Waals surface area contributed by atoms with Gasteiger partial charge in [-0.3, -0.25) is 24.2 Å². The number of nitrogens with zero attached hydrogens (tertiary/aromatic N) is 3. The van der Waals surface area contributed by atoms with Crippen LogP contribution in [0.4, 0.5) is 10.8 Å². The fourth-order valence-electron chi connectivity index (χ4n) is 4.15. The molecule has 1 atom stereocenters. The number of ether oxygens (including phenoxy) is 1. The lowest BCUT2D eigenvalue weighted by atomic mass is 10.1. The molecule has 1 aromatic heterocycles. The van der Waals surface area contributed by atoms with Crippen molar-refractivity contribution in [3.05, 3.63) is 53.6 Å². The van der Waals surface area contributed by atoms with Crippen LogP contribution >= 0.6 is 11.3 Å². The van der Waals surface area contributed by atoms with Crippen molar-refractivity contribution in [2.75, 3.05) is 23.0 Å². The minimum absolute atomic E-state index is 0.0215. The van der Waals surface area contributed by atoms with E-state index in [0.717, 1.165) is 28.6 Å². The highest BCUT2D eigenvalue weighted by Crippen LogP contribution is 2.32. The Hall–Kier alpha value is -3.10. The number of fused-ring (bicyclic) bond motifs is 1. The number of carbonyl (C=O) groups excluding carboxylic acids is 3. The van der Waals surface area contributed by atoms with Crippen LogP contribution in [0.25, 0.3) is 10.2 Å². The molecule has 0 saturated carbocycles. The highest BCUT2D eigenvalue weighted by molar-refractivity contribution is 7.22. The molecular weight excluding hydrogens is 426 g/mol. The van der Waals surface area contributed by atoms with E-state index in [1.807, 2.05) is 19.1 Å². The van der Waals surface area contributed by atoms with Crippen LogP contribution in [0.2, 0.25) is 0 Å².